The number of pyridine rings is 1. The lowest BCUT2D eigenvalue weighted by molar-refractivity contribution is -0.137. The van der Waals surface area contributed by atoms with Crippen LogP contribution < -0.4 is 25.2 Å². The van der Waals surface area contributed by atoms with Gasteiger partial charge in [0.05, 0.1) is 23.0 Å². The molecule has 0 bridgehead atoms. The molecule has 10 nitrogen and oxygen atoms in total. The normalized spacial score (nSPS) is 16.0. The third kappa shape index (κ3) is 8.25. The molecule has 2 aliphatic heterocycles. The molecule has 2 aliphatic rings. The molecule has 4 amide bonds. The van der Waals surface area contributed by atoms with Crippen LogP contribution in [0.5, 0.6) is 11.5 Å². The predicted octanol–water partition coefficient (Wildman–Crippen LogP) is 7.31. The highest BCUT2D eigenvalue weighted by Crippen LogP contribution is 2.34. The minimum atomic E-state index is -4.43. The predicted molar refractivity (Wildman–Crippen MR) is 195 cm³/mol. The zero-order valence-corrected chi connectivity index (χ0v) is 28.9. The molecule has 1 aromatic heterocycles. The summed E-state index contributed by atoms with van der Waals surface area (Å²) in [7, 11) is 0. The van der Waals surface area contributed by atoms with Crippen LogP contribution in [0.3, 0.4) is 0 Å². The van der Waals surface area contributed by atoms with Crippen molar-refractivity contribution in [1.82, 2.24) is 20.5 Å². The van der Waals surface area contributed by atoms with Crippen molar-refractivity contribution in [3.05, 3.63) is 126 Å². The van der Waals surface area contributed by atoms with Gasteiger partial charge in [-0.2, -0.15) is 13.2 Å². The number of benzene rings is 4. The summed E-state index contributed by atoms with van der Waals surface area (Å²) in [6.45, 7) is 6.14. The van der Waals surface area contributed by atoms with Crippen LogP contribution >= 0.6 is 0 Å². The number of fused-ring (bicyclic) bond motifs is 1. The molecular formula is C40H37F3N6O4. The largest absolute Gasteiger partial charge is 0.457 e. The number of hydrogen-bond donors (Lipinski definition) is 2. The van der Waals surface area contributed by atoms with Crippen molar-refractivity contribution in [2.45, 2.75) is 32.1 Å². The number of nitrogens with zero attached hydrogens (tertiary/aromatic N) is 4. The number of halogens is 3. The summed E-state index contributed by atoms with van der Waals surface area (Å²) in [6, 6.07) is 27.9. The van der Waals surface area contributed by atoms with Crippen molar-refractivity contribution in [2.24, 2.45) is 0 Å². The van der Waals surface area contributed by atoms with Crippen LogP contribution in [0.4, 0.5) is 29.3 Å². The van der Waals surface area contributed by atoms with E-state index in [1.807, 2.05) is 55.5 Å². The van der Waals surface area contributed by atoms with Gasteiger partial charge in [-0.15, -0.1) is 0 Å². The minimum absolute atomic E-state index is 0.258. The molecule has 0 saturated carbocycles. The van der Waals surface area contributed by atoms with Gasteiger partial charge in [0, 0.05) is 68.0 Å². The first-order chi connectivity index (χ1) is 25.5. The van der Waals surface area contributed by atoms with Crippen LogP contribution in [0.1, 0.15) is 46.7 Å². The summed E-state index contributed by atoms with van der Waals surface area (Å²) in [5.74, 6) is 0.204. The SMILES string of the molecule is C[C@H](NC(=O)c1ccc2c(Oc3ccc(C(F)(F)F)cc3)cccc2c1)c1cccc(CN2CCN(c3cccc(N4CCC(=O)NC4=O)c3)CC2)n1. The maximum Gasteiger partial charge on any atom is 0.416 e. The van der Waals surface area contributed by atoms with Gasteiger partial charge in [-0.3, -0.25) is 29.7 Å². The van der Waals surface area contributed by atoms with Crippen molar-refractivity contribution < 1.29 is 32.3 Å². The standard InChI is InChI=1S/C40H37F3N6O4/c1-26(44-38(51)28-11-16-34-27(23-28)5-2-10-36(34)53-33-14-12-29(13-15-33)40(41,42)43)35-9-3-6-30(45-35)25-47-19-21-48(22-20-47)31-7-4-8-32(24-31)49-18-17-37(50)46-39(49)52/h2-16,23-24,26H,17-22,25H2,1H3,(H,44,51)(H,46,50,52)/t26-/m0/s1. The minimum Gasteiger partial charge on any atom is -0.457 e. The van der Waals surface area contributed by atoms with Crippen molar-refractivity contribution in [3.63, 3.8) is 0 Å². The van der Waals surface area contributed by atoms with Gasteiger partial charge in [-0.25, -0.2) is 4.79 Å². The summed E-state index contributed by atoms with van der Waals surface area (Å²) in [4.78, 5) is 48.3. The fraction of sp³-hybridized carbons (Fsp3) is 0.250. The number of alkyl halides is 3. The van der Waals surface area contributed by atoms with Gasteiger partial charge in [0.15, 0.2) is 0 Å². The molecule has 1 atom stereocenters. The summed E-state index contributed by atoms with van der Waals surface area (Å²) in [5.41, 5.74) is 3.12. The smallest absolute Gasteiger partial charge is 0.416 e. The third-order valence-corrected chi connectivity index (χ3v) is 9.45. The van der Waals surface area contributed by atoms with Gasteiger partial charge < -0.3 is 15.0 Å². The molecule has 13 heteroatoms. The molecule has 3 heterocycles. The molecular weight excluding hydrogens is 685 g/mol. The Morgan fingerprint density at radius 3 is 2.36 bits per heavy atom. The van der Waals surface area contributed by atoms with E-state index >= 15 is 0 Å². The van der Waals surface area contributed by atoms with E-state index in [2.05, 4.69) is 20.4 Å². The number of hydrogen-bond acceptors (Lipinski definition) is 7. The second-order valence-corrected chi connectivity index (χ2v) is 13.1. The van der Waals surface area contributed by atoms with E-state index in [0.717, 1.165) is 66.5 Å². The highest BCUT2D eigenvalue weighted by atomic mass is 19.4. The molecule has 7 rings (SSSR count). The second-order valence-electron chi connectivity index (χ2n) is 13.1. The van der Waals surface area contributed by atoms with Crippen LogP contribution in [0, 0.1) is 0 Å². The first kappa shape index (κ1) is 35.5. The topological polar surface area (TPSA) is 107 Å². The Balaban J connectivity index is 0.941. The summed E-state index contributed by atoms with van der Waals surface area (Å²) in [5, 5.41) is 6.88. The number of amides is 4. The molecule has 272 valence electrons. The quantitative estimate of drug-likeness (QED) is 0.164. The van der Waals surface area contributed by atoms with Gasteiger partial charge in [0.25, 0.3) is 5.91 Å². The fourth-order valence-corrected chi connectivity index (χ4v) is 6.57. The monoisotopic (exact) mass is 722 g/mol. The van der Waals surface area contributed by atoms with Crippen LogP contribution in [0.2, 0.25) is 0 Å². The second kappa shape index (κ2) is 15.0. The maximum absolute atomic E-state index is 13.3. The number of carbonyl (C=O) groups is 3. The number of rotatable bonds is 9. The van der Waals surface area contributed by atoms with Gasteiger partial charge in [-0.1, -0.05) is 24.3 Å². The molecule has 2 fully saturated rings. The Kier molecular flexibility index (Phi) is 10.0. The molecule has 0 spiro atoms. The van der Waals surface area contributed by atoms with Crippen LogP contribution in [0.15, 0.2) is 103 Å². The van der Waals surface area contributed by atoms with E-state index in [-0.39, 0.29) is 30.0 Å². The molecule has 4 aromatic carbocycles. The van der Waals surface area contributed by atoms with Crippen LogP contribution in [0.25, 0.3) is 10.8 Å². The van der Waals surface area contributed by atoms with Crippen molar-refractivity contribution in [3.8, 4) is 11.5 Å². The average Bonchev–Trinajstić information content (AvgIpc) is 3.15. The number of nitrogens with one attached hydrogen (secondary N) is 2. The highest BCUT2D eigenvalue weighted by molar-refractivity contribution is 6.05. The molecule has 0 aliphatic carbocycles. The van der Waals surface area contributed by atoms with Crippen LogP contribution in [-0.2, 0) is 17.5 Å². The van der Waals surface area contributed by atoms with Gasteiger partial charge in [-0.05, 0) is 91.2 Å². The third-order valence-electron chi connectivity index (χ3n) is 9.45. The van der Waals surface area contributed by atoms with Crippen molar-refractivity contribution in [1.29, 1.82) is 0 Å². The van der Waals surface area contributed by atoms with Gasteiger partial charge in [0.2, 0.25) is 5.91 Å². The van der Waals surface area contributed by atoms with E-state index in [9.17, 15) is 27.6 Å². The van der Waals surface area contributed by atoms with Gasteiger partial charge in [0.1, 0.15) is 11.5 Å². The van der Waals surface area contributed by atoms with Crippen molar-refractivity contribution >= 4 is 40.0 Å². The Labute approximate surface area is 304 Å². The van der Waals surface area contributed by atoms with E-state index in [1.165, 1.54) is 12.1 Å². The summed E-state index contributed by atoms with van der Waals surface area (Å²) in [6.07, 6.45) is -4.15. The summed E-state index contributed by atoms with van der Waals surface area (Å²) < 4.78 is 44.8. The fourth-order valence-electron chi connectivity index (χ4n) is 6.57. The number of urea groups is 1. The lowest BCUT2D eigenvalue weighted by atomic mass is 10.1. The Hall–Kier alpha value is -5.95. The number of imide groups is 1. The highest BCUT2D eigenvalue weighted by Gasteiger charge is 2.30. The average molecular weight is 723 g/mol. The lowest BCUT2D eigenvalue weighted by Crippen LogP contribution is -2.49. The zero-order chi connectivity index (χ0) is 37.1. The molecule has 5 aromatic rings. The van der Waals surface area contributed by atoms with Gasteiger partial charge >= 0.3 is 12.2 Å². The van der Waals surface area contributed by atoms with E-state index in [4.69, 9.17) is 9.72 Å². The van der Waals surface area contributed by atoms with E-state index in [0.29, 0.717) is 29.8 Å². The number of aromatic nitrogens is 1. The van der Waals surface area contributed by atoms with E-state index < -0.39 is 17.8 Å². The molecule has 0 radical (unpaired) electrons. The number of piperazine rings is 1. The molecule has 2 N–H and O–H groups in total. The zero-order valence-electron chi connectivity index (χ0n) is 28.9. The summed E-state index contributed by atoms with van der Waals surface area (Å²) >= 11 is 0. The Bertz CT molecular complexity index is 2150. The number of carbonyl (C=O) groups excluding carboxylic acids is 3. The molecule has 53 heavy (non-hydrogen) atoms. The molecule has 0 unspecified atom stereocenters. The van der Waals surface area contributed by atoms with E-state index in [1.54, 1.807) is 35.2 Å². The Morgan fingerprint density at radius 1 is 0.868 bits per heavy atom. The van der Waals surface area contributed by atoms with Crippen molar-refractivity contribution in [2.75, 3.05) is 42.5 Å². The maximum atomic E-state index is 13.3. The molecule has 2 saturated heterocycles. The Morgan fingerprint density at radius 2 is 1.60 bits per heavy atom. The first-order valence-electron chi connectivity index (χ1n) is 17.3. The number of anilines is 2. The lowest BCUT2D eigenvalue weighted by Gasteiger charge is -2.36. The number of ether oxygens (including phenoxy) is 1. The van der Waals surface area contributed by atoms with Crippen LogP contribution in [-0.4, -0.2) is 60.5 Å². The first-order valence-corrected chi connectivity index (χ1v) is 17.3.